The molecule has 2 aromatic rings. The summed E-state index contributed by atoms with van der Waals surface area (Å²) in [5.41, 5.74) is 1.46. The summed E-state index contributed by atoms with van der Waals surface area (Å²) in [6.07, 6.45) is -0.963. The third-order valence-corrected chi connectivity index (χ3v) is 5.08. The van der Waals surface area contributed by atoms with E-state index in [0.717, 1.165) is 12.8 Å². The van der Waals surface area contributed by atoms with E-state index < -0.39 is 12.4 Å². The van der Waals surface area contributed by atoms with Crippen molar-refractivity contribution in [2.75, 3.05) is 12.4 Å². The highest BCUT2D eigenvalue weighted by Gasteiger charge is 2.31. The lowest BCUT2D eigenvalue weighted by molar-refractivity contribution is -0.119. The van der Waals surface area contributed by atoms with E-state index in [0.29, 0.717) is 22.8 Å². The van der Waals surface area contributed by atoms with E-state index in [9.17, 15) is 23.5 Å². The zero-order valence-corrected chi connectivity index (χ0v) is 16.1. The molecule has 156 valence electrons. The average molecular weight is 415 g/mol. The molecule has 0 atom stereocenters. The number of rotatable bonds is 8. The van der Waals surface area contributed by atoms with Gasteiger partial charge < -0.3 is 15.2 Å². The highest BCUT2D eigenvalue weighted by atomic mass is 19.3. The number of ether oxygens (including phenoxy) is 1. The molecule has 1 saturated carbocycles. The van der Waals surface area contributed by atoms with E-state index in [1.165, 1.54) is 13.2 Å². The van der Waals surface area contributed by atoms with Gasteiger partial charge in [0.1, 0.15) is 17.0 Å². The van der Waals surface area contributed by atoms with E-state index in [1.54, 1.807) is 18.2 Å². The highest BCUT2D eigenvalue weighted by molar-refractivity contribution is 5.99. The summed E-state index contributed by atoms with van der Waals surface area (Å²) in [4.78, 5) is 32.1. The number of halogens is 2. The summed E-state index contributed by atoms with van der Waals surface area (Å²) < 4.78 is 31.7. The number of alkyl halides is 2. The Kier molecular flexibility index (Phi) is 5.19. The fourth-order valence-corrected chi connectivity index (χ4v) is 3.46. The number of aromatic carboxylic acids is 1. The standard InChI is InChI=1S/C21H19F2N3O4/c1-30-19-12(21(28)29)3-2-4-13(19)25-14-7-11(8-17(27)10-5-6-10)24-15-9-16(20(22)23)26-18(14)15/h2-4,7,10,20H,5-6,8-9H2,1H3,(H,24,25)(H,28,29). The number of Topliss-reactive ketones (excluding diaryl/α,β-unsaturated/α-hetero) is 1. The Morgan fingerprint density at radius 2 is 2.07 bits per heavy atom. The first-order valence-electron chi connectivity index (χ1n) is 9.45. The molecule has 2 aliphatic rings. The molecule has 0 radical (unpaired) electrons. The predicted molar refractivity (Wildman–Crippen MR) is 106 cm³/mol. The maximum absolute atomic E-state index is 13.2. The monoisotopic (exact) mass is 415 g/mol. The van der Waals surface area contributed by atoms with Gasteiger partial charge in [-0.15, -0.1) is 0 Å². The number of ketones is 1. The second kappa shape index (κ2) is 7.81. The van der Waals surface area contributed by atoms with Crippen LogP contribution in [0.1, 0.15) is 34.6 Å². The number of carboxylic acid groups (broad SMARTS) is 1. The van der Waals surface area contributed by atoms with Crippen LogP contribution < -0.4 is 10.1 Å². The Balaban J connectivity index is 1.74. The molecule has 2 N–H and O–H groups in total. The third-order valence-electron chi connectivity index (χ3n) is 5.08. The summed E-state index contributed by atoms with van der Waals surface area (Å²) in [6, 6.07) is 6.15. The number of aliphatic imine (C=N–C) groups is 1. The fraction of sp³-hybridized carbons (Fsp3) is 0.333. The van der Waals surface area contributed by atoms with Crippen LogP contribution in [0.15, 0.2) is 29.3 Å². The number of carbonyl (C=O) groups excluding carboxylic acids is 1. The summed E-state index contributed by atoms with van der Waals surface area (Å²) in [5.74, 6) is -0.935. The number of carbonyl (C=O) groups is 2. The molecule has 30 heavy (non-hydrogen) atoms. The molecule has 4 rings (SSSR count). The average Bonchev–Trinajstić information content (AvgIpc) is 3.46. The largest absolute Gasteiger partial charge is 0.494 e. The van der Waals surface area contributed by atoms with E-state index in [-0.39, 0.29) is 47.3 Å². The number of nitrogens with zero attached hydrogens (tertiary/aromatic N) is 2. The number of hydrogen-bond acceptors (Lipinski definition) is 6. The van der Waals surface area contributed by atoms with E-state index in [1.807, 2.05) is 0 Å². The first kappa shape index (κ1) is 19.9. The molecular weight excluding hydrogens is 396 g/mol. The van der Waals surface area contributed by atoms with Gasteiger partial charge in [0.25, 0.3) is 6.43 Å². The maximum atomic E-state index is 13.2. The molecule has 1 fully saturated rings. The van der Waals surface area contributed by atoms with Gasteiger partial charge in [-0.1, -0.05) is 6.07 Å². The second-order valence-electron chi connectivity index (χ2n) is 7.27. The molecule has 2 heterocycles. The number of aromatic nitrogens is 1. The smallest absolute Gasteiger partial charge is 0.339 e. The van der Waals surface area contributed by atoms with Gasteiger partial charge in [0.05, 0.1) is 35.6 Å². The van der Waals surface area contributed by atoms with Gasteiger partial charge in [0.15, 0.2) is 5.75 Å². The van der Waals surface area contributed by atoms with Gasteiger partial charge in [-0.25, -0.2) is 18.6 Å². The van der Waals surface area contributed by atoms with Crippen molar-refractivity contribution in [2.45, 2.75) is 32.1 Å². The summed E-state index contributed by atoms with van der Waals surface area (Å²) >= 11 is 0. The lowest BCUT2D eigenvalue weighted by atomic mass is 10.1. The molecule has 0 saturated heterocycles. The van der Waals surface area contributed by atoms with E-state index >= 15 is 0 Å². The first-order chi connectivity index (χ1) is 14.4. The summed E-state index contributed by atoms with van der Waals surface area (Å²) in [7, 11) is 1.34. The Bertz CT molecular complexity index is 1060. The van der Waals surface area contributed by atoms with Crippen LogP contribution in [0.2, 0.25) is 0 Å². The summed E-state index contributed by atoms with van der Waals surface area (Å²) in [5, 5.41) is 12.4. The quantitative estimate of drug-likeness (QED) is 0.677. The van der Waals surface area contributed by atoms with Gasteiger partial charge in [-0.2, -0.15) is 0 Å². The Labute approximate surface area is 170 Å². The molecule has 1 aromatic carbocycles. The number of hydrogen-bond donors (Lipinski definition) is 2. The predicted octanol–water partition coefficient (Wildman–Crippen LogP) is 3.95. The van der Waals surface area contributed by atoms with Crippen LogP contribution in [0, 0.1) is 5.92 Å². The minimum atomic E-state index is -2.71. The molecule has 7 nitrogen and oxygen atoms in total. The van der Waals surface area contributed by atoms with Crippen molar-refractivity contribution in [2.24, 2.45) is 10.9 Å². The molecule has 9 heteroatoms. The number of carboxylic acids is 1. The van der Waals surface area contributed by atoms with Crippen molar-refractivity contribution in [3.63, 3.8) is 0 Å². The van der Waals surface area contributed by atoms with Gasteiger partial charge in [0, 0.05) is 18.8 Å². The van der Waals surface area contributed by atoms with Crippen LogP contribution in [-0.4, -0.2) is 41.1 Å². The Hall–Kier alpha value is -3.36. The Morgan fingerprint density at radius 3 is 2.70 bits per heavy atom. The molecule has 1 aliphatic heterocycles. The molecule has 0 unspecified atom stereocenters. The minimum Gasteiger partial charge on any atom is -0.494 e. The highest BCUT2D eigenvalue weighted by Crippen LogP contribution is 2.40. The number of anilines is 2. The van der Waals surface area contributed by atoms with Crippen molar-refractivity contribution in [1.29, 1.82) is 0 Å². The van der Waals surface area contributed by atoms with Gasteiger partial charge in [-0.05, 0) is 31.0 Å². The van der Waals surface area contributed by atoms with Crippen LogP contribution >= 0.6 is 0 Å². The molecular formula is C21H19F2N3O4. The van der Waals surface area contributed by atoms with Crippen molar-refractivity contribution in [3.8, 4) is 5.75 Å². The van der Waals surface area contributed by atoms with Crippen molar-refractivity contribution in [3.05, 3.63) is 41.2 Å². The molecule has 0 amide bonds. The van der Waals surface area contributed by atoms with Gasteiger partial charge in [-0.3, -0.25) is 9.78 Å². The zero-order chi connectivity index (χ0) is 21.4. The van der Waals surface area contributed by atoms with E-state index in [2.05, 4.69) is 15.3 Å². The first-order valence-corrected chi connectivity index (χ1v) is 9.45. The number of para-hydroxylation sites is 1. The minimum absolute atomic E-state index is 0.0471. The maximum Gasteiger partial charge on any atom is 0.339 e. The molecule has 0 spiro atoms. The van der Waals surface area contributed by atoms with Crippen LogP contribution in [-0.2, 0) is 17.6 Å². The lowest BCUT2D eigenvalue weighted by Crippen LogP contribution is -2.11. The van der Waals surface area contributed by atoms with Crippen LogP contribution in [0.4, 0.5) is 25.8 Å². The molecule has 0 bridgehead atoms. The topological polar surface area (TPSA) is 101 Å². The van der Waals surface area contributed by atoms with Crippen molar-refractivity contribution >= 4 is 34.5 Å². The zero-order valence-electron chi connectivity index (χ0n) is 16.1. The number of fused-ring (bicyclic) bond motifs is 1. The van der Waals surface area contributed by atoms with Crippen molar-refractivity contribution in [1.82, 2.24) is 4.98 Å². The fourth-order valence-electron chi connectivity index (χ4n) is 3.46. The number of pyridine rings is 1. The molecule has 1 aliphatic carbocycles. The number of nitrogens with one attached hydrogen (secondary N) is 1. The normalized spacial score (nSPS) is 15.0. The third kappa shape index (κ3) is 3.87. The lowest BCUT2D eigenvalue weighted by Gasteiger charge is -2.15. The van der Waals surface area contributed by atoms with Crippen LogP contribution in [0.25, 0.3) is 0 Å². The molecule has 1 aromatic heterocycles. The Morgan fingerprint density at radius 1 is 1.30 bits per heavy atom. The second-order valence-corrected chi connectivity index (χ2v) is 7.27. The number of methoxy groups -OCH3 is 1. The van der Waals surface area contributed by atoms with Crippen LogP contribution in [0.5, 0.6) is 5.75 Å². The summed E-state index contributed by atoms with van der Waals surface area (Å²) in [6.45, 7) is 0. The van der Waals surface area contributed by atoms with Crippen molar-refractivity contribution < 1.29 is 28.2 Å². The van der Waals surface area contributed by atoms with Gasteiger partial charge >= 0.3 is 5.97 Å². The van der Waals surface area contributed by atoms with Crippen LogP contribution in [0.3, 0.4) is 0 Å². The van der Waals surface area contributed by atoms with E-state index in [4.69, 9.17) is 4.74 Å². The number of benzene rings is 1. The SMILES string of the molecule is COc1c(Nc2cc(CC(=O)C3CC3)nc3c2N=C(C(F)F)C3)cccc1C(=O)O. The van der Waals surface area contributed by atoms with Gasteiger partial charge in [0.2, 0.25) is 0 Å².